The molecule has 6 nitrogen and oxygen atoms in total. The van der Waals surface area contributed by atoms with E-state index in [-0.39, 0.29) is 11.7 Å². The second-order valence-electron chi connectivity index (χ2n) is 6.57. The summed E-state index contributed by atoms with van der Waals surface area (Å²) < 4.78 is 2.00. The van der Waals surface area contributed by atoms with Crippen molar-refractivity contribution < 1.29 is 4.79 Å². The fourth-order valence-electron chi connectivity index (χ4n) is 2.93. The van der Waals surface area contributed by atoms with E-state index in [4.69, 9.17) is 23.2 Å². The fraction of sp³-hybridized carbons (Fsp3) is 0.0909. The molecule has 0 aliphatic carbocycles. The number of carbonyl (C=O) groups is 1. The van der Waals surface area contributed by atoms with Crippen LogP contribution < -0.4 is 5.32 Å². The lowest BCUT2D eigenvalue weighted by Gasteiger charge is -2.11. The number of nitrogens with zero attached hydrogens (tertiary/aromatic N) is 4. The van der Waals surface area contributed by atoms with Crippen molar-refractivity contribution in [1.29, 1.82) is 0 Å². The van der Waals surface area contributed by atoms with E-state index >= 15 is 0 Å². The molecular weight excluding hydrogens is 453 g/mol. The molecule has 2 aromatic carbocycles. The average molecular weight is 470 g/mol. The summed E-state index contributed by atoms with van der Waals surface area (Å²) in [6.07, 6.45) is 3.43. The summed E-state index contributed by atoms with van der Waals surface area (Å²) in [6.45, 7) is 0.579. The number of pyridine rings is 1. The van der Waals surface area contributed by atoms with Gasteiger partial charge in [0, 0.05) is 23.0 Å². The van der Waals surface area contributed by atoms with Gasteiger partial charge in [-0.15, -0.1) is 10.2 Å². The van der Waals surface area contributed by atoms with Crippen molar-refractivity contribution in [2.75, 3.05) is 11.1 Å². The number of halogens is 2. The van der Waals surface area contributed by atoms with E-state index in [1.165, 1.54) is 11.8 Å². The lowest BCUT2D eigenvalue weighted by atomic mass is 10.2. The first-order valence-electron chi connectivity index (χ1n) is 9.35. The predicted octanol–water partition coefficient (Wildman–Crippen LogP) is 5.43. The first-order chi connectivity index (χ1) is 15.1. The number of benzene rings is 2. The van der Waals surface area contributed by atoms with Gasteiger partial charge in [-0.3, -0.25) is 14.3 Å². The van der Waals surface area contributed by atoms with Crippen LogP contribution in [0.1, 0.15) is 5.56 Å². The van der Waals surface area contributed by atoms with Crippen molar-refractivity contribution in [3.05, 3.63) is 88.7 Å². The molecule has 0 fully saturated rings. The molecule has 1 amide bonds. The largest absolute Gasteiger partial charge is 0.324 e. The second kappa shape index (κ2) is 9.96. The number of hydrogen-bond donors (Lipinski definition) is 1. The Balaban J connectivity index is 1.54. The summed E-state index contributed by atoms with van der Waals surface area (Å²) in [7, 11) is 0. The molecule has 1 N–H and O–H groups in total. The predicted molar refractivity (Wildman–Crippen MR) is 125 cm³/mol. The van der Waals surface area contributed by atoms with Gasteiger partial charge in [-0.2, -0.15) is 0 Å². The van der Waals surface area contributed by atoms with Crippen LogP contribution in [0.25, 0.3) is 11.4 Å². The molecule has 4 aromatic rings. The van der Waals surface area contributed by atoms with Crippen molar-refractivity contribution >= 4 is 46.6 Å². The number of thioether (sulfide) groups is 1. The van der Waals surface area contributed by atoms with Crippen LogP contribution in [0.2, 0.25) is 10.0 Å². The Kier molecular flexibility index (Phi) is 6.86. The molecule has 0 atom stereocenters. The lowest BCUT2D eigenvalue weighted by molar-refractivity contribution is -0.113. The highest BCUT2D eigenvalue weighted by molar-refractivity contribution is 7.99. The smallest absolute Gasteiger partial charge is 0.234 e. The van der Waals surface area contributed by atoms with Crippen molar-refractivity contribution in [2.24, 2.45) is 0 Å². The summed E-state index contributed by atoms with van der Waals surface area (Å²) in [5, 5.41) is 13.0. The Morgan fingerprint density at radius 2 is 1.77 bits per heavy atom. The molecule has 0 bridgehead atoms. The summed E-state index contributed by atoms with van der Waals surface area (Å²) in [5.74, 6) is 0.646. The normalized spacial score (nSPS) is 10.8. The monoisotopic (exact) mass is 469 g/mol. The highest BCUT2D eigenvalue weighted by Crippen LogP contribution is 2.27. The van der Waals surface area contributed by atoms with E-state index in [1.54, 1.807) is 30.6 Å². The Morgan fingerprint density at radius 1 is 1.00 bits per heavy atom. The van der Waals surface area contributed by atoms with E-state index in [0.717, 1.165) is 11.1 Å². The minimum absolute atomic E-state index is 0.145. The van der Waals surface area contributed by atoms with Crippen molar-refractivity contribution in [3.63, 3.8) is 0 Å². The molecule has 0 saturated heterocycles. The number of nitrogens with one attached hydrogen (secondary N) is 1. The third-order valence-electron chi connectivity index (χ3n) is 4.37. The zero-order valence-corrected chi connectivity index (χ0v) is 18.5. The third-order valence-corrected chi connectivity index (χ3v) is 5.91. The van der Waals surface area contributed by atoms with E-state index in [1.807, 2.05) is 47.0 Å². The lowest BCUT2D eigenvalue weighted by Crippen LogP contribution is -2.15. The van der Waals surface area contributed by atoms with Gasteiger partial charge < -0.3 is 5.32 Å². The van der Waals surface area contributed by atoms with Crippen molar-refractivity contribution in [3.8, 4) is 11.4 Å². The first kappa shape index (κ1) is 21.4. The van der Waals surface area contributed by atoms with E-state index in [2.05, 4.69) is 20.5 Å². The Bertz CT molecular complexity index is 1190. The van der Waals surface area contributed by atoms with Gasteiger partial charge in [-0.05, 0) is 35.9 Å². The van der Waals surface area contributed by atoms with Gasteiger partial charge in [0.25, 0.3) is 0 Å². The molecule has 2 aromatic heterocycles. The van der Waals surface area contributed by atoms with Crippen LogP contribution in [-0.4, -0.2) is 31.4 Å². The Morgan fingerprint density at radius 3 is 2.55 bits per heavy atom. The SMILES string of the molecule is O=C(CSc1nnc(-c2ccncc2)n1Cc1ccccc1)Nc1cc(Cl)ccc1Cl. The number of aromatic nitrogens is 4. The van der Waals surface area contributed by atoms with Crippen molar-refractivity contribution in [1.82, 2.24) is 19.7 Å². The van der Waals surface area contributed by atoms with Crippen LogP contribution in [0, 0.1) is 0 Å². The molecule has 0 aliphatic heterocycles. The molecule has 0 radical (unpaired) electrons. The fourth-order valence-corrected chi connectivity index (χ4v) is 4.00. The number of carbonyl (C=O) groups excluding carboxylic acids is 1. The average Bonchev–Trinajstić information content (AvgIpc) is 3.18. The quantitative estimate of drug-likeness (QED) is 0.365. The molecule has 9 heteroatoms. The number of anilines is 1. The standard InChI is InChI=1S/C22H17Cl2N5OS/c23-17-6-7-18(24)19(12-17)26-20(30)14-31-22-28-27-21(16-8-10-25-11-9-16)29(22)13-15-4-2-1-3-5-15/h1-12H,13-14H2,(H,26,30). The van der Waals surface area contributed by atoms with E-state index < -0.39 is 0 Å². The van der Waals surface area contributed by atoms with Crippen LogP contribution in [0.5, 0.6) is 0 Å². The molecule has 0 unspecified atom stereocenters. The van der Waals surface area contributed by atoms with Crippen LogP contribution in [0.3, 0.4) is 0 Å². The second-order valence-corrected chi connectivity index (χ2v) is 8.36. The molecule has 156 valence electrons. The topological polar surface area (TPSA) is 72.7 Å². The van der Waals surface area contributed by atoms with Crippen LogP contribution >= 0.6 is 35.0 Å². The minimum atomic E-state index is -0.214. The molecule has 31 heavy (non-hydrogen) atoms. The molecular formula is C22H17Cl2N5OS. The minimum Gasteiger partial charge on any atom is -0.324 e. The van der Waals surface area contributed by atoms with Gasteiger partial charge in [0.1, 0.15) is 0 Å². The number of hydrogen-bond acceptors (Lipinski definition) is 5. The Hall–Kier alpha value is -2.87. The molecule has 0 saturated carbocycles. The zero-order chi connectivity index (χ0) is 21.6. The van der Waals surface area contributed by atoms with Gasteiger partial charge in [0.15, 0.2) is 11.0 Å². The maximum atomic E-state index is 12.5. The van der Waals surface area contributed by atoms with Gasteiger partial charge in [-0.25, -0.2) is 0 Å². The Labute approximate surface area is 193 Å². The third kappa shape index (κ3) is 5.44. The van der Waals surface area contributed by atoms with E-state index in [0.29, 0.717) is 33.3 Å². The number of amides is 1. The summed E-state index contributed by atoms with van der Waals surface area (Å²) in [6, 6.07) is 18.7. The maximum Gasteiger partial charge on any atom is 0.234 e. The van der Waals surface area contributed by atoms with Crippen LogP contribution in [0.4, 0.5) is 5.69 Å². The van der Waals surface area contributed by atoms with Gasteiger partial charge in [-0.1, -0.05) is 65.3 Å². The number of rotatable bonds is 7. The molecule has 0 aliphatic rings. The highest BCUT2D eigenvalue weighted by Gasteiger charge is 2.16. The van der Waals surface area contributed by atoms with Gasteiger partial charge in [0.05, 0.1) is 23.0 Å². The van der Waals surface area contributed by atoms with E-state index in [9.17, 15) is 4.79 Å². The van der Waals surface area contributed by atoms with Gasteiger partial charge >= 0.3 is 0 Å². The molecule has 0 spiro atoms. The van der Waals surface area contributed by atoms with Crippen molar-refractivity contribution in [2.45, 2.75) is 11.7 Å². The zero-order valence-electron chi connectivity index (χ0n) is 16.2. The van der Waals surface area contributed by atoms with Crippen LogP contribution in [0.15, 0.2) is 78.2 Å². The summed E-state index contributed by atoms with van der Waals surface area (Å²) in [4.78, 5) is 16.6. The maximum absolute atomic E-state index is 12.5. The van der Waals surface area contributed by atoms with Gasteiger partial charge in [0.2, 0.25) is 5.91 Å². The molecule has 2 heterocycles. The molecule has 4 rings (SSSR count). The summed E-state index contributed by atoms with van der Waals surface area (Å²) in [5.41, 5.74) is 2.48. The highest BCUT2D eigenvalue weighted by atomic mass is 35.5. The van der Waals surface area contributed by atoms with Crippen LogP contribution in [-0.2, 0) is 11.3 Å². The summed E-state index contributed by atoms with van der Waals surface area (Å²) >= 11 is 13.4. The first-order valence-corrected chi connectivity index (χ1v) is 11.1.